The molecule has 2 amide bonds. The van der Waals surface area contributed by atoms with Crippen LogP contribution in [0.4, 0.5) is 0 Å². The zero-order chi connectivity index (χ0) is 20.9. The average Bonchev–Trinajstić information content (AvgIpc) is 3.38. The number of hydrogen-bond acceptors (Lipinski definition) is 5. The molecule has 3 rings (SSSR count). The quantitative estimate of drug-likeness (QED) is 0.656. The third-order valence-electron chi connectivity index (χ3n) is 4.89. The van der Waals surface area contributed by atoms with E-state index in [-0.39, 0.29) is 24.0 Å². The van der Waals surface area contributed by atoms with Gasteiger partial charge in [-0.25, -0.2) is 8.42 Å². The molecule has 9 heteroatoms. The topological polar surface area (TPSA) is 109 Å². The van der Waals surface area contributed by atoms with E-state index in [1.165, 1.54) is 4.31 Å². The van der Waals surface area contributed by atoms with E-state index in [0.29, 0.717) is 31.6 Å². The van der Waals surface area contributed by atoms with Crippen LogP contribution >= 0.6 is 0 Å². The molecular formula is C20H25N3O5S. The molecular weight excluding hydrogens is 394 g/mol. The van der Waals surface area contributed by atoms with Crippen LogP contribution < -0.4 is 10.6 Å². The van der Waals surface area contributed by atoms with Gasteiger partial charge in [0.1, 0.15) is 5.76 Å². The zero-order valence-electron chi connectivity index (χ0n) is 16.3. The van der Waals surface area contributed by atoms with Crippen LogP contribution in [-0.2, 0) is 26.0 Å². The predicted molar refractivity (Wildman–Crippen MR) is 107 cm³/mol. The Balaban J connectivity index is 1.51. The van der Waals surface area contributed by atoms with Crippen LogP contribution in [0.3, 0.4) is 0 Å². The summed E-state index contributed by atoms with van der Waals surface area (Å²) < 4.78 is 32.4. The van der Waals surface area contributed by atoms with Crippen molar-refractivity contribution in [2.75, 3.05) is 19.6 Å². The number of amides is 2. The molecule has 2 aromatic rings. The number of aryl methyl sites for hydroxylation is 1. The fraction of sp³-hybridized carbons (Fsp3) is 0.400. The van der Waals surface area contributed by atoms with Gasteiger partial charge in [-0.2, -0.15) is 4.31 Å². The Morgan fingerprint density at radius 3 is 2.55 bits per heavy atom. The molecule has 0 spiro atoms. The third-order valence-corrected chi connectivity index (χ3v) is 6.86. The summed E-state index contributed by atoms with van der Waals surface area (Å²) in [5.74, 6) is -0.805. The molecule has 1 aliphatic heterocycles. The van der Waals surface area contributed by atoms with Gasteiger partial charge in [0, 0.05) is 32.1 Å². The molecule has 0 radical (unpaired) electrons. The van der Waals surface area contributed by atoms with Gasteiger partial charge in [0.15, 0.2) is 0 Å². The standard InChI is InChI=1S/C20H25N3O5S/c1-15-6-8-18(9-7-15)29(26,27)23-12-2-4-16(23)14-22-20(25)19(24)21-11-10-17-5-3-13-28-17/h3,5-9,13,16H,2,4,10-12,14H2,1H3,(H,21,24)(H,22,25). The number of nitrogens with zero attached hydrogens (tertiary/aromatic N) is 1. The lowest BCUT2D eigenvalue weighted by Gasteiger charge is -2.24. The molecule has 1 saturated heterocycles. The summed E-state index contributed by atoms with van der Waals surface area (Å²) in [6.07, 6.45) is 3.37. The van der Waals surface area contributed by atoms with Crippen LogP contribution in [0.15, 0.2) is 52.0 Å². The predicted octanol–water partition coefficient (Wildman–Crippen LogP) is 1.22. The van der Waals surface area contributed by atoms with Gasteiger partial charge in [-0.3, -0.25) is 9.59 Å². The van der Waals surface area contributed by atoms with E-state index in [1.54, 1.807) is 42.7 Å². The van der Waals surface area contributed by atoms with Crippen molar-refractivity contribution in [2.24, 2.45) is 0 Å². The second kappa shape index (κ2) is 9.23. The minimum absolute atomic E-state index is 0.0928. The highest BCUT2D eigenvalue weighted by Crippen LogP contribution is 2.25. The minimum atomic E-state index is -3.64. The first-order valence-electron chi connectivity index (χ1n) is 9.55. The normalized spacial score (nSPS) is 17.2. The Labute approximate surface area is 170 Å². The maximum atomic E-state index is 12.9. The van der Waals surface area contributed by atoms with Crippen molar-refractivity contribution in [1.29, 1.82) is 0 Å². The Hall–Kier alpha value is -2.65. The molecule has 156 valence electrons. The van der Waals surface area contributed by atoms with E-state index in [0.717, 1.165) is 5.56 Å². The third kappa shape index (κ3) is 5.24. The monoisotopic (exact) mass is 419 g/mol. The Morgan fingerprint density at radius 1 is 1.14 bits per heavy atom. The van der Waals surface area contributed by atoms with Gasteiger partial charge in [-0.1, -0.05) is 17.7 Å². The second-order valence-electron chi connectivity index (χ2n) is 7.02. The molecule has 2 N–H and O–H groups in total. The Bertz CT molecular complexity index is 939. The van der Waals surface area contributed by atoms with Gasteiger partial charge < -0.3 is 15.1 Å². The highest BCUT2D eigenvalue weighted by atomic mass is 32.2. The van der Waals surface area contributed by atoms with Crippen molar-refractivity contribution in [3.63, 3.8) is 0 Å². The van der Waals surface area contributed by atoms with Gasteiger partial charge in [0.2, 0.25) is 10.0 Å². The molecule has 0 aliphatic carbocycles. The molecule has 0 saturated carbocycles. The molecule has 1 aliphatic rings. The SMILES string of the molecule is Cc1ccc(S(=O)(=O)N2CCCC2CNC(=O)C(=O)NCCc2ccco2)cc1. The highest BCUT2D eigenvalue weighted by Gasteiger charge is 2.35. The smallest absolute Gasteiger partial charge is 0.309 e. The largest absolute Gasteiger partial charge is 0.469 e. The van der Waals surface area contributed by atoms with Gasteiger partial charge in [0.05, 0.1) is 11.2 Å². The summed E-state index contributed by atoms with van der Waals surface area (Å²) in [6, 6.07) is 9.86. The number of carbonyl (C=O) groups excluding carboxylic acids is 2. The number of carbonyl (C=O) groups is 2. The summed E-state index contributed by atoms with van der Waals surface area (Å²) in [4.78, 5) is 24.2. The van der Waals surface area contributed by atoms with Crippen molar-refractivity contribution >= 4 is 21.8 Å². The Morgan fingerprint density at radius 2 is 1.86 bits per heavy atom. The van der Waals surface area contributed by atoms with Gasteiger partial charge in [-0.15, -0.1) is 0 Å². The number of benzene rings is 1. The van der Waals surface area contributed by atoms with Gasteiger partial charge in [0.25, 0.3) is 0 Å². The lowest BCUT2D eigenvalue weighted by atomic mass is 10.2. The number of furan rings is 1. The maximum absolute atomic E-state index is 12.9. The molecule has 1 aromatic carbocycles. The van der Waals surface area contributed by atoms with Crippen molar-refractivity contribution in [3.05, 3.63) is 54.0 Å². The van der Waals surface area contributed by atoms with Crippen molar-refractivity contribution in [3.8, 4) is 0 Å². The molecule has 2 heterocycles. The number of hydrogen-bond donors (Lipinski definition) is 2. The van der Waals surface area contributed by atoms with Crippen LogP contribution in [0.5, 0.6) is 0 Å². The van der Waals surface area contributed by atoms with Crippen molar-refractivity contribution in [2.45, 2.75) is 37.1 Å². The first kappa shape index (κ1) is 21.1. The average molecular weight is 420 g/mol. The van der Waals surface area contributed by atoms with E-state index < -0.39 is 21.8 Å². The van der Waals surface area contributed by atoms with Crippen LogP contribution in [0.2, 0.25) is 0 Å². The van der Waals surface area contributed by atoms with Crippen molar-refractivity contribution in [1.82, 2.24) is 14.9 Å². The fourth-order valence-electron chi connectivity index (χ4n) is 3.30. The van der Waals surface area contributed by atoms with E-state index in [1.807, 2.05) is 6.92 Å². The van der Waals surface area contributed by atoms with Gasteiger partial charge in [-0.05, 0) is 44.0 Å². The van der Waals surface area contributed by atoms with Gasteiger partial charge >= 0.3 is 11.8 Å². The minimum Gasteiger partial charge on any atom is -0.469 e. The molecule has 0 bridgehead atoms. The number of nitrogens with one attached hydrogen (secondary N) is 2. The summed E-state index contributed by atoms with van der Waals surface area (Å²) in [5.41, 5.74) is 0.979. The van der Waals surface area contributed by atoms with E-state index in [2.05, 4.69) is 10.6 Å². The molecule has 29 heavy (non-hydrogen) atoms. The van der Waals surface area contributed by atoms with Crippen LogP contribution in [-0.4, -0.2) is 50.2 Å². The zero-order valence-corrected chi connectivity index (χ0v) is 17.1. The fourth-order valence-corrected chi connectivity index (χ4v) is 4.99. The summed E-state index contributed by atoms with van der Waals surface area (Å²) >= 11 is 0. The maximum Gasteiger partial charge on any atom is 0.309 e. The van der Waals surface area contributed by atoms with E-state index in [9.17, 15) is 18.0 Å². The van der Waals surface area contributed by atoms with E-state index in [4.69, 9.17) is 4.42 Å². The molecule has 1 unspecified atom stereocenters. The first-order chi connectivity index (χ1) is 13.9. The molecule has 1 aromatic heterocycles. The van der Waals surface area contributed by atoms with Crippen molar-refractivity contribution < 1.29 is 22.4 Å². The highest BCUT2D eigenvalue weighted by molar-refractivity contribution is 7.89. The number of sulfonamides is 1. The van der Waals surface area contributed by atoms with E-state index >= 15 is 0 Å². The lowest BCUT2D eigenvalue weighted by Crippen LogP contribution is -2.47. The van der Waals surface area contributed by atoms with Crippen LogP contribution in [0.25, 0.3) is 0 Å². The Kier molecular flexibility index (Phi) is 6.71. The summed E-state index contributed by atoms with van der Waals surface area (Å²) in [5, 5.41) is 5.08. The summed E-state index contributed by atoms with van der Waals surface area (Å²) in [6.45, 7) is 2.66. The first-order valence-corrected chi connectivity index (χ1v) is 11.0. The van der Waals surface area contributed by atoms with Crippen LogP contribution in [0, 0.1) is 6.92 Å². The second-order valence-corrected chi connectivity index (χ2v) is 8.91. The van der Waals surface area contributed by atoms with Crippen LogP contribution in [0.1, 0.15) is 24.2 Å². The molecule has 8 nitrogen and oxygen atoms in total. The lowest BCUT2D eigenvalue weighted by molar-refractivity contribution is -0.139. The molecule has 1 atom stereocenters. The number of rotatable bonds is 7. The molecule has 1 fully saturated rings. The summed E-state index contributed by atoms with van der Waals surface area (Å²) in [7, 11) is -3.64.